The van der Waals surface area contributed by atoms with Gasteiger partial charge in [0.05, 0.1) is 32.9 Å². The van der Waals surface area contributed by atoms with Crippen molar-refractivity contribution in [1.29, 1.82) is 0 Å². The number of esters is 1. The fourth-order valence-electron chi connectivity index (χ4n) is 3.25. The van der Waals surface area contributed by atoms with Gasteiger partial charge in [-0.05, 0) is 84.4 Å². The Morgan fingerprint density at radius 3 is 2.15 bits per heavy atom. The predicted octanol–water partition coefficient (Wildman–Crippen LogP) is 6.43. The maximum Gasteiger partial charge on any atom is 0.345 e. The van der Waals surface area contributed by atoms with E-state index in [2.05, 4.69) is 15.2 Å². The Morgan fingerprint density at radius 1 is 0.795 bits per heavy atom. The normalized spacial score (nSPS) is 11.3. The highest BCUT2D eigenvalue weighted by atomic mass is 35.5. The van der Waals surface area contributed by atoms with E-state index in [0.29, 0.717) is 15.6 Å². The van der Waals surface area contributed by atoms with Crippen LogP contribution >= 0.6 is 34.8 Å². The summed E-state index contributed by atoms with van der Waals surface area (Å²) in [5, 5.41) is 4.89. The van der Waals surface area contributed by atoms with Crippen LogP contribution in [0.4, 0.5) is 5.69 Å². The second-order valence-corrected chi connectivity index (χ2v) is 10.8. The first kappa shape index (κ1) is 28.1. The van der Waals surface area contributed by atoms with E-state index in [1.807, 2.05) is 0 Å². The molecule has 198 valence electrons. The van der Waals surface area contributed by atoms with Crippen molar-refractivity contribution in [2.45, 2.75) is 4.90 Å². The molecular weight excluding hydrogens is 585 g/mol. The number of ether oxygens (including phenoxy) is 1. The van der Waals surface area contributed by atoms with Gasteiger partial charge in [0.2, 0.25) is 0 Å². The molecule has 0 unspecified atom stereocenters. The number of nitrogens with zero attached hydrogens (tertiary/aromatic N) is 1. The number of anilines is 1. The number of sulfonamides is 1. The van der Waals surface area contributed by atoms with E-state index in [4.69, 9.17) is 39.5 Å². The molecule has 0 heterocycles. The smallest absolute Gasteiger partial charge is 0.345 e. The molecule has 12 heteroatoms. The summed E-state index contributed by atoms with van der Waals surface area (Å²) < 4.78 is 33.2. The summed E-state index contributed by atoms with van der Waals surface area (Å²) in [6.45, 7) is 0. The molecule has 0 fully saturated rings. The van der Waals surface area contributed by atoms with Gasteiger partial charge in [0, 0.05) is 10.0 Å². The number of para-hydroxylation sites is 1. The number of carbonyl (C=O) groups excluding carboxylic acids is 2. The summed E-state index contributed by atoms with van der Waals surface area (Å²) in [5.41, 5.74) is 3.27. The standard InChI is InChI=1S/C27H18Cl3N3O5S/c28-18-7-12-21(13-8-18)39(36,37)33-25-4-2-1-3-23(25)26(34)32-31-16-17-5-10-20(11-6-17)38-27(35)22-14-9-19(29)15-24(22)30/h1-16,33H,(H,32,34)/b31-16-. The first-order valence-electron chi connectivity index (χ1n) is 11.1. The average molecular weight is 603 g/mol. The quantitative estimate of drug-likeness (QED) is 0.104. The second-order valence-electron chi connectivity index (χ2n) is 7.89. The lowest BCUT2D eigenvalue weighted by atomic mass is 10.2. The molecule has 0 aliphatic carbocycles. The van der Waals surface area contributed by atoms with Crippen LogP contribution in [0.1, 0.15) is 26.3 Å². The maximum atomic E-state index is 12.7. The molecule has 39 heavy (non-hydrogen) atoms. The molecule has 0 saturated carbocycles. The third-order valence-corrected chi connectivity index (χ3v) is 7.34. The zero-order chi connectivity index (χ0) is 28.0. The van der Waals surface area contributed by atoms with Gasteiger partial charge in [-0.15, -0.1) is 0 Å². The van der Waals surface area contributed by atoms with Crippen LogP contribution in [0.15, 0.2) is 101 Å². The van der Waals surface area contributed by atoms with E-state index in [9.17, 15) is 18.0 Å². The molecule has 4 rings (SSSR count). The minimum atomic E-state index is -3.96. The molecule has 0 bridgehead atoms. The molecule has 0 spiro atoms. The van der Waals surface area contributed by atoms with Crippen molar-refractivity contribution in [2.75, 3.05) is 4.72 Å². The Bertz CT molecular complexity index is 1660. The van der Waals surface area contributed by atoms with E-state index in [1.54, 1.807) is 36.4 Å². The van der Waals surface area contributed by atoms with Crippen molar-refractivity contribution >= 4 is 68.6 Å². The summed E-state index contributed by atoms with van der Waals surface area (Å²) in [6, 6.07) is 22.5. The van der Waals surface area contributed by atoms with Crippen LogP contribution in [0.2, 0.25) is 15.1 Å². The van der Waals surface area contributed by atoms with Gasteiger partial charge in [0.25, 0.3) is 15.9 Å². The number of hydrogen-bond acceptors (Lipinski definition) is 6. The number of rotatable bonds is 8. The van der Waals surface area contributed by atoms with E-state index in [0.717, 1.165) is 0 Å². The van der Waals surface area contributed by atoms with Gasteiger partial charge in [-0.2, -0.15) is 5.10 Å². The highest BCUT2D eigenvalue weighted by Crippen LogP contribution is 2.24. The van der Waals surface area contributed by atoms with Crippen molar-refractivity contribution in [1.82, 2.24) is 5.43 Å². The molecular formula is C27H18Cl3N3O5S. The highest BCUT2D eigenvalue weighted by Gasteiger charge is 2.18. The van der Waals surface area contributed by atoms with Gasteiger partial charge in [-0.3, -0.25) is 9.52 Å². The number of carbonyl (C=O) groups is 2. The molecule has 4 aromatic carbocycles. The SMILES string of the molecule is O=C(Oc1ccc(/C=N\NC(=O)c2ccccc2NS(=O)(=O)c2ccc(Cl)cc2)cc1)c1ccc(Cl)cc1Cl. The zero-order valence-electron chi connectivity index (χ0n) is 19.8. The zero-order valence-corrected chi connectivity index (χ0v) is 22.9. The van der Waals surface area contributed by atoms with Crippen LogP contribution in [0.3, 0.4) is 0 Å². The number of amides is 1. The summed E-state index contributed by atoms with van der Waals surface area (Å²) in [5.74, 6) is -1.00. The Kier molecular flexibility index (Phi) is 8.88. The van der Waals surface area contributed by atoms with E-state index in [1.165, 1.54) is 60.8 Å². The summed E-state index contributed by atoms with van der Waals surface area (Å²) in [6.07, 6.45) is 1.38. The van der Waals surface area contributed by atoms with Crippen LogP contribution in [0.5, 0.6) is 5.75 Å². The fourth-order valence-corrected chi connectivity index (χ4v) is 4.94. The molecule has 8 nitrogen and oxygen atoms in total. The molecule has 2 N–H and O–H groups in total. The number of nitrogens with one attached hydrogen (secondary N) is 2. The molecule has 0 atom stereocenters. The summed E-state index contributed by atoms with van der Waals surface area (Å²) in [7, 11) is -3.96. The molecule has 0 aliphatic rings. The number of hydrazone groups is 1. The number of halogens is 3. The average Bonchev–Trinajstić information content (AvgIpc) is 2.90. The van der Waals surface area contributed by atoms with Crippen molar-refractivity contribution < 1.29 is 22.7 Å². The van der Waals surface area contributed by atoms with Crippen LogP contribution < -0.4 is 14.9 Å². The van der Waals surface area contributed by atoms with Gasteiger partial charge in [0.1, 0.15) is 5.75 Å². The number of hydrogen-bond donors (Lipinski definition) is 2. The van der Waals surface area contributed by atoms with E-state index in [-0.39, 0.29) is 32.5 Å². The molecule has 0 saturated heterocycles. The lowest BCUT2D eigenvalue weighted by molar-refractivity contribution is 0.0734. The predicted molar refractivity (Wildman–Crippen MR) is 152 cm³/mol. The molecule has 0 aromatic heterocycles. The van der Waals surface area contributed by atoms with Crippen molar-refractivity contribution in [3.8, 4) is 5.75 Å². The molecule has 4 aromatic rings. The van der Waals surface area contributed by atoms with Gasteiger partial charge >= 0.3 is 5.97 Å². The van der Waals surface area contributed by atoms with Gasteiger partial charge in [-0.1, -0.05) is 46.9 Å². The Labute approximate surface area is 239 Å². The van der Waals surface area contributed by atoms with Gasteiger partial charge in [-0.25, -0.2) is 18.6 Å². The first-order chi connectivity index (χ1) is 18.6. The van der Waals surface area contributed by atoms with Crippen LogP contribution in [0.25, 0.3) is 0 Å². The molecule has 1 amide bonds. The summed E-state index contributed by atoms with van der Waals surface area (Å²) in [4.78, 5) is 25.1. The molecule has 0 aliphatic heterocycles. The lowest BCUT2D eigenvalue weighted by Gasteiger charge is -2.11. The monoisotopic (exact) mass is 601 g/mol. The Balaban J connectivity index is 1.39. The van der Waals surface area contributed by atoms with Crippen LogP contribution in [0, 0.1) is 0 Å². The van der Waals surface area contributed by atoms with Crippen molar-refractivity contribution in [3.63, 3.8) is 0 Å². The van der Waals surface area contributed by atoms with Crippen molar-refractivity contribution in [3.05, 3.63) is 123 Å². The maximum absolute atomic E-state index is 12.7. The van der Waals surface area contributed by atoms with E-state index < -0.39 is 21.9 Å². The largest absolute Gasteiger partial charge is 0.423 e. The minimum Gasteiger partial charge on any atom is -0.423 e. The topological polar surface area (TPSA) is 114 Å². The van der Waals surface area contributed by atoms with E-state index >= 15 is 0 Å². The summed E-state index contributed by atoms with van der Waals surface area (Å²) >= 11 is 17.7. The minimum absolute atomic E-state index is 0.00878. The second kappa shape index (κ2) is 12.3. The number of benzene rings is 4. The van der Waals surface area contributed by atoms with Crippen LogP contribution in [-0.2, 0) is 10.0 Å². The molecule has 0 radical (unpaired) electrons. The third kappa shape index (κ3) is 7.36. The van der Waals surface area contributed by atoms with Gasteiger partial charge < -0.3 is 4.74 Å². The fraction of sp³-hybridized carbons (Fsp3) is 0. The highest BCUT2D eigenvalue weighted by molar-refractivity contribution is 7.92. The first-order valence-corrected chi connectivity index (χ1v) is 13.7. The van der Waals surface area contributed by atoms with Gasteiger partial charge in [0.15, 0.2) is 0 Å². The van der Waals surface area contributed by atoms with Crippen molar-refractivity contribution in [2.24, 2.45) is 5.10 Å². The Morgan fingerprint density at radius 2 is 1.46 bits per heavy atom. The Hall–Kier alpha value is -3.89. The van der Waals surface area contributed by atoms with Crippen LogP contribution in [-0.4, -0.2) is 26.5 Å². The lowest BCUT2D eigenvalue weighted by Crippen LogP contribution is -2.21. The third-order valence-electron chi connectivity index (χ3n) is 5.16.